The van der Waals surface area contributed by atoms with E-state index in [-0.39, 0.29) is 5.56 Å². The minimum atomic E-state index is -1.54. The van der Waals surface area contributed by atoms with Gasteiger partial charge in [0.25, 0.3) is 5.91 Å². The molecule has 0 bridgehead atoms. The lowest BCUT2D eigenvalue weighted by molar-refractivity contribution is -0.143. The summed E-state index contributed by atoms with van der Waals surface area (Å²) in [5.74, 6) is -5.28. The first-order valence-electron chi connectivity index (χ1n) is 9.00. The van der Waals surface area contributed by atoms with Crippen LogP contribution in [-0.4, -0.2) is 19.0 Å². The maximum atomic E-state index is 13.5. The first kappa shape index (κ1) is 21.1. The molecule has 3 aromatic carbocycles. The fourth-order valence-electron chi connectivity index (χ4n) is 2.91. The van der Waals surface area contributed by atoms with Gasteiger partial charge in [-0.3, -0.25) is 4.79 Å². The van der Waals surface area contributed by atoms with Gasteiger partial charge in [-0.2, -0.15) is 0 Å². The fourth-order valence-corrected chi connectivity index (χ4v) is 2.91. The van der Waals surface area contributed by atoms with Crippen LogP contribution in [0.15, 0.2) is 60.7 Å². The highest BCUT2D eigenvalue weighted by Crippen LogP contribution is 2.26. The molecule has 7 heteroatoms. The number of esters is 1. The summed E-state index contributed by atoms with van der Waals surface area (Å²) in [6, 6.07) is 13.6. The van der Waals surface area contributed by atoms with Gasteiger partial charge in [-0.15, -0.1) is 0 Å². The molecule has 0 saturated heterocycles. The number of carbonyl (C=O) groups excluding carboxylic acids is 2. The molecule has 0 aromatic heterocycles. The average Bonchev–Trinajstić information content (AvgIpc) is 2.75. The second kappa shape index (κ2) is 8.82. The van der Waals surface area contributed by atoms with Gasteiger partial charge >= 0.3 is 5.97 Å². The van der Waals surface area contributed by atoms with Crippen LogP contribution in [0.3, 0.4) is 0 Å². The molecule has 30 heavy (non-hydrogen) atoms. The summed E-state index contributed by atoms with van der Waals surface area (Å²) < 4.78 is 44.9. The lowest BCUT2D eigenvalue weighted by Crippen LogP contribution is -2.34. The van der Waals surface area contributed by atoms with Crippen molar-refractivity contribution in [2.45, 2.75) is 13.0 Å². The number of nitrogens with one attached hydrogen (secondary N) is 1. The van der Waals surface area contributed by atoms with Crippen molar-refractivity contribution < 1.29 is 27.5 Å². The highest BCUT2D eigenvalue weighted by Gasteiger charge is 2.24. The number of hydrogen-bond donors (Lipinski definition) is 1. The standard InChI is InChI=1S/C23H18F3NO3/c1-13-3-5-16(6-4-13)22(28)27-21(23(29)30-2)15-9-7-14(8-10-15)17-11-18(24)20(26)19(25)12-17/h3-12,21H,1-2H3,(H,27,28). The molecule has 1 N–H and O–H groups in total. The van der Waals surface area contributed by atoms with Crippen LogP contribution < -0.4 is 5.32 Å². The molecule has 154 valence electrons. The number of methoxy groups -OCH3 is 1. The smallest absolute Gasteiger partial charge is 0.333 e. The van der Waals surface area contributed by atoms with Crippen LogP contribution in [0.5, 0.6) is 0 Å². The van der Waals surface area contributed by atoms with E-state index in [1.165, 1.54) is 31.4 Å². The summed E-state index contributed by atoms with van der Waals surface area (Å²) in [4.78, 5) is 24.8. The molecule has 0 aliphatic carbocycles. The quantitative estimate of drug-likeness (QED) is 0.486. The molecule has 1 unspecified atom stereocenters. The van der Waals surface area contributed by atoms with Gasteiger partial charge in [-0.05, 0) is 47.9 Å². The Balaban J connectivity index is 1.87. The maximum absolute atomic E-state index is 13.5. The molecule has 1 atom stereocenters. The monoisotopic (exact) mass is 413 g/mol. The molecule has 4 nitrogen and oxygen atoms in total. The van der Waals surface area contributed by atoms with Crippen LogP contribution in [0.2, 0.25) is 0 Å². The molecule has 1 amide bonds. The van der Waals surface area contributed by atoms with Crippen LogP contribution in [0, 0.1) is 24.4 Å². The predicted octanol–water partition coefficient (Wildman–Crippen LogP) is 4.72. The molecule has 3 aromatic rings. The van der Waals surface area contributed by atoms with E-state index < -0.39 is 35.4 Å². The molecular weight excluding hydrogens is 395 g/mol. The van der Waals surface area contributed by atoms with E-state index in [9.17, 15) is 22.8 Å². The Kier molecular flexibility index (Phi) is 6.20. The van der Waals surface area contributed by atoms with Crippen LogP contribution in [0.4, 0.5) is 13.2 Å². The van der Waals surface area contributed by atoms with Crippen LogP contribution in [-0.2, 0) is 9.53 Å². The minimum Gasteiger partial charge on any atom is -0.467 e. The van der Waals surface area contributed by atoms with Crippen molar-refractivity contribution in [2.75, 3.05) is 7.11 Å². The number of benzene rings is 3. The summed E-state index contributed by atoms with van der Waals surface area (Å²) in [6.45, 7) is 1.89. The van der Waals surface area contributed by atoms with Crippen molar-refractivity contribution in [1.82, 2.24) is 5.32 Å². The van der Waals surface area contributed by atoms with Crippen molar-refractivity contribution >= 4 is 11.9 Å². The Labute approximate surface area is 171 Å². The second-order valence-corrected chi connectivity index (χ2v) is 6.67. The number of amides is 1. The summed E-state index contributed by atoms with van der Waals surface area (Å²) in [6.07, 6.45) is 0. The highest BCUT2D eigenvalue weighted by molar-refractivity contribution is 5.97. The average molecular weight is 413 g/mol. The fraction of sp³-hybridized carbons (Fsp3) is 0.130. The van der Waals surface area contributed by atoms with E-state index in [1.54, 1.807) is 24.3 Å². The number of ether oxygens (including phenoxy) is 1. The summed E-state index contributed by atoms with van der Waals surface area (Å²) >= 11 is 0. The summed E-state index contributed by atoms with van der Waals surface area (Å²) in [7, 11) is 1.20. The largest absolute Gasteiger partial charge is 0.467 e. The van der Waals surface area contributed by atoms with E-state index in [0.29, 0.717) is 16.7 Å². The minimum absolute atomic E-state index is 0.135. The summed E-state index contributed by atoms with van der Waals surface area (Å²) in [5, 5.41) is 2.62. The zero-order chi connectivity index (χ0) is 21.8. The summed E-state index contributed by atoms with van der Waals surface area (Å²) in [5.41, 5.74) is 2.32. The Bertz CT molecular complexity index is 1060. The van der Waals surface area contributed by atoms with Gasteiger partial charge in [0.05, 0.1) is 7.11 Å². The molecule has 0 aliphatic heterocycles. The zero-order valence-corrected chi connectivity index (χ0v) is 16.2. The van der Waals surface area contributed by atoms with Crippen molar-refractivity contribution in [2.24, 2.45) is 0 Å². The Morgan fingerprint density at radius 1 is 0.867 bits per heavy atom. The van der Waals surface area contributed by atoms with Gasteiger partial charge in [-0.1, -0.05) is 42.0 Å². The van der Waals surface area contributed by atoms with Gasteiger partial charge in [0.15, 0.2) is 23.5 Å². The third-order valence-electron chi connectivity index (χ3n) is 4.59. The van der Waals surface area contributed by atoms with Crippen molar-refractivity contribution in [1.29, 1.82) is 0 Å². The van der Waals surface area contributed by atoms with Gasteiger partial charge in [-0.25, -0.2) is 18.0 Å². The van der Waals surface area contributed by atoms with Crippen LogP contribution in [0.1, 0.15) is 27.5 Å². The molecule has 0 spiro atoms. The Morgan fingerprint density at radius 3 is 1.97 bits per heavy atom. The molecule has 0 saturated carbocycles. The lowest BCUT2D eigenvalue weighted by atomic mass is 10.00. The molecular formula is C23H18F3NO3. The molecule has 3 rings (SSSR count). The van der Waals surface area contributed by atoms with E-state index in [2.05, 4.69) is 5.32 Å². The van der Waals surface area contributed by atoms with Crippen molar-refractivity contribution in [3.63, 3.8) is 0 Å². The van der Waals surface area contributed by atoms with Gasteiger partial charge in [0.2, 0.25) is 0 Å². The molecule has 0 aliphatic rings. The maximum Gasteiger partial charge on any atom is 0.333 e. The number of carbonyl (C=O) groups is 2. The van der Waals surface area contributed by atoms with E-state index >= 15 is 0 Å². The third kappa shape index (κ3) is 4.51. The van der Waals surface area contributed by atoms with Crippen molar-refractivity contribution in [3.05, 3.63) is 94.8 Å². The number of aryl methyl sites for hydroxylation is 1. The lowest BCUT2D eigenvalue weighted by Gasteiger charge is -2.17. The molecule has 0 heterocycles. The number of halogens is 3. The van der Waals surface area contributed by atoms with Gasteiger partial charge in [0.1, 0.15) is 0 Å². The topological polar surface area (TPSA) is 55.4 Å². The molecule has 0 radical (unpaired) electrons. The van der Waals surface area contributed by atoms with Crippen LogP contribution >= 0.6 is 0 Å². The molecule has 0 fully saturated rings. The number of rotatable bonds is 5. The van der Waals surface area contributed by atoms with Gasteiger partial charge < -0.3 is 10.1 Å². The predicted molar refractivity (Wildman–Crippen MR) is 105 cm³/mol. The first-order chi connectivity index (χ1) is 14.3. The van der Waals surface area contributed by atoms with E-state index in [1.807, 2.05) is 6.92 Å². The van der Waals surface area contributed by atoms with Crippen LogP contribution in [0.25, 0.3) is 11.1 Å². The third-order valence-corrected chi connectivity index (χ3v) is 4.59. The Morgan fingerprint density at radius 2 is 1.43 bits per heavy atom. The normalized spacial score (nSPS) is 11.6. The Hall–Kier alpha value is -3.61. The van der Waals surface area contributed by atoms with Crippen molar-refractivity contribution in [3.8, 4) is 11.1 Å². The SMILES string of the molecule is COC(=O)C(NC(=O)c1ccc(C)cc1)c1ccc(-c2cc(F)c(F)c(F)c2)cc1. The number of hydrogen-bond acceptors (Lipinski definition) is 3. The second-order valence-electron chi connectivity index (χ2n) is 6.67. The van der Waals surface area contributed by atoms with E-state index in [4.69, 9.17) is 4.74 Å². The van der Waals surface area contributed by atoms with Gasteiger partial charge in [0, 0.05) is 5.56 Å². The zero-order valence-electron chi connectivity index (χ0n) is 16.2. The first-order valence-corrected chi connectivity index (χ1v) is 9.00. The van der Waals surface area contributed by atoms with E-state index in [0.717, 1.165) is 17.7 Å². The highest BCUT2D eigenvalue weighted by atomic mass is 19.2.